The van der Waals surface area contributed by atoms with Gasteiger partial charge in [0.2, 0.25) is 15.9 Å². The number of amides is 1. The zero-order chi connectivity index (χ0) is 16.7. The third-order valence-electron chi connectivity index (χ3n) is 3.37. The maximum Gasteiger partial charge on any atom is 0.221 e. The molecule has 0 aromatic carbocycles. The fraction of sp³-hybridized carbons (Fsp3) is 0.571. The van der Waals surface area contributed by atoms with Crippen LogP contribution in [0.5, 0.6) is 0 Å². The minimum absolute atomic E-state index is 0.0913. The SMILES string of the molecule is CS(=O)(=O)NCCC(=O)NCc1cccnc1N1CCOCC1. The van der Waals surface area contributed by atoms with Crippen molar-refractivity contribution in [2.75, 3.05) is 44.0 Å². The van der Waals surface area contributed by atoms with Crippen molar-refractivity contribution in [1.29, 1.82) is 0 Å². The summed E-state index contributed by atoms with van der Waals surface area (Å²) in [5.41, 5.74) is 0.929. The van der Waals surface area contributed by atoms with E-state index in [2.05, 4.69) is 19.9 Å². The topological polar surface area (TPSA) is 101 Å². The van der Waals surface area contributed by atoms with Crippen molar-refractivity contribution in [3.8, 4) is 0 Å². The van der Waals surface area contributed by atoms with Crippen LogP contribution in [0.4, 0.5) is 5.82 Å². The predicted octanol–water partition coefficient (Wildman–Crippen LogP) is -0.526. The Morgan fingerprint density at radius 1 is 1.39 bits per heavy atom. The van der Waals surface area contributed by atoms with Crippen LogP contribution in [0.25, 0.3) is 0 Å². The van der Waals surface area contributed by atoms with Gasteiger partial charge in [-0.1, -0.05) is 6.07 Å². The van der Waals surface area contributed by atoms with Crippen molar-refractivity contribution in [3.63, 3.8) is 0 Å². The molecule has 1 saturated heterocycles. The molecule has 1 aliphatic heterocycles. The maximum absolute atomic E-state index is 11.8. The number of pyridine rings is 1. The monoisotopic (exact) mass is 342 g/mol. The van der Waals surface area contributed by atoms with Crippen molar-refractivity contribution in [2.24, 2.45) is 0 Å². The van der Waals surface area contributed by atoms with Gasteiger partial charge in [0.1, 0.15) is 5.82 Å². The molecule has 1 aromatic heterocycles. The van der Waals surface area contributed by atoms with E-state index in [1.165, 1.54) is 0 Å². The number of carbonyl (C=O) groups is 1. The van der Waals surface area contributed by atoms with Crippen molar-refractivity contribution >= 4 is 21.7 Å². The molecule has 0 spiro atoms. The van der Waals surface area contributed by atoms with E-state index in [0.29, 0.717) is 19.8 Å². The predicted molar refractivity (Wildman–Crippen MR) is 86.6 cm³/mol. The number of ether oxygens (including phenoxy) is 1. The molecule has 1 amide bonds. The standard InChI is InChI=1S/C14H22N4O4S/c1-23(20,21)17-6-4-13(19)16-11-12-3-2-5-15-14(12)18-7-9-22-10-8-18/h2-3,5,17H,4,6-11H2,1H3,(H,16,19). The van der Waals surface area contributed by atoms with E-state index < -0.39 is 10.0 Å². The molecule has 2 rings (SSSR count). The minimum Gasteiger partial charge on any atom is -0.378 e. The third-order valence-corrected chi connectivity index (χ3v) is 4.10. The highest BCUT2D eigenvalue weighted by atomic mass is 32.2. The first-order valence-corrected chi connectivity index (χ1v) is 9.33. The van der Waals surface area contributed by atoms with Crippen LogP contribution < -0.4 is 14.9 Å². The number of nitrogens with one attached hydrogen (secondary N) is 2. The third kappa shape index (κ3) is 6.12. The van der Waals surface area contributed by atoms with Gasteiger partial charge >= 0.3 is 0 Å². The van der Waals surface area contributed by atoms with E-state index >= 15 is 0 Å². The van der Waals surface area contributed by atoms with Gasteiger partial charge < -0.3 is 15.0 Å². The van der Waals surface area contributed by atoms with Gasteiger partial charge in [0.15, 0.2) is 0 Å². The summed E-state index contributed by atoms with van der Waals surface area (Å²) in [7, 11) is -3.27. The number of rotatable bonds is 7. The summed E-state index contributed by atoms with van der Waals surface area (Å²) in [5, 5.41) is 2.79. The van der Waals surface area contributed by atoms with Crippen molar-refractivity contribution < 1.29 is 17.9 Å². The molecular formula is C14H22N4O4S. The molecule has 23 heavy (non-hydrogen) atoms. The van der Waals surface area contributed by atoms with E-state index in [9.17, 15) is 13.2 Å². The molecule has 128 valence electrons. The Morgan fingerprint density at radius 3 is 2.83 bits per heavy atom. The second-order valence-electron chi connectivity index (χ2n) is 5.28. The molecule has 0 saturated carbocycles. The number of hydrogen-bond donors (Lipinski definition) is 2. The Hall–Kier alpha value is -1.71. The normalized spacial score (nSPS) is 15.4. The van der Waals surface area contributed by atoms with E-state index in [0.717, 1.165) is 30.7 Å². The Bertz CT molecular complexity index is 629. The first-order valence-electron chi connectivity index (χ1n) is 7.43. The summed E-state index contributed by atoms with van der Waals surface area (Å²) in [4.78, 5) is 18.3. The smallest absolute Gasteiger partial charge is 0.221 e. The van der Waals surface area contributed by atoms with E-state index in [-0.39, 0.29) is 18.9 Å². The molecule has 0 aliphatic carbocycles. The molecule has 0 radical (unpaired) electrons. The van der Waals surface area contributed by atoms with Gasteiger partial charge in [-0.2, -0.15) is 0 Å². The Kier molecular flexibility index (Phi) is 6.31. The first kappa shape index (κ1) is 17.6. The molecule has 0 bridgehead atoms. The van der Waals surface area contributed by atoms with Gasteiger partial charge in [0.05, 0.1) is 19.5 Å². The second-order valence-corrected chi connectivity index (χ2v) is 7.11. The maximum atomic E-state index is 11.8. The van der Waals surface area contributed by atoms with Gasteiger partial charge in [-0.05, 0) is 6.07 Å². The van der Waals surface area contributed by atoms with Gasteiger partial charge in [0, 0.05) is 44.4 Å². The van der Waals surface area contributed by atoms with Crippen LogP contribution in [0.2, 0.25) is 0 Å². The lowest BCUT2D eigenvalue weighted by molar-refractivity contribution is -0.121. The average molecular weight is 342 g/mol. The van der Waals surface area contributed by atoms with Gasteiger partial charge in [-0.3, -0.25) is 4.79 Å². The molecule has 0 atom stereocenters. The van der Waals surface area contributed by atoms with E-state index in [1.54, 1.807) is 6.20 Å². The molecule has 0 unspecified atom stereocenters. The summed E-state index contributed by atoms with van der Waals surface area (Å²) < 4.78 is 29.5. The number of nitrogens with zero attached hydrogens (tertiary/aromatic N) is 2. The largest absolute Gasteiger partial charge is 0.378 e. The molecule has 8 nitrogen and oxygen atoms in total. The molecule has 9 heteroatoms. The zero-order valence-electron chi connectivity index (χ0n) is 13.1. The Balaban J connectivity index is 1.86. The van der Waals surface area contributed by atoms with Crippen molar-refractivity contribution in [3.05, 3.63) is 23.9 Å². The minimum atomic E-state index is -3.27. The fourth-order valence-corrected chi connectivity index (χ4v) is 2.73. The molecule has 2 N–H and O–H groups in total. The second kappa shape index (κ2) is 8.23. The lowest BCUT2D eigenvalue weighted by atomic mass is 10.2. The van der Waals surface area contributed by atoms with Crippen LogP contribution in [-0.2, 0) is 26.1 Å². The molecule has 1 aliphatic rings. The summed E-state index contributed by atoms with van der Waals surface area (Å²) in [5.74, 6) is 0.642. The lowest BCUT2D eigenvalue weighted by Gasteiger charge is -2.29. The molecule has 2 heterocycles. The Labute approximate surface area is 136 Å². The van der Waals surface area contributed by atoms with Crippen molar-refractivity contribution in [2.45, 2.75) is 13.0 Å². The molecule has 1 fully saturated rings. The van der Waals surface area contributed by atoms with Crippen LogP contribution in [0.3, 0.4) is 0 Å². The number of anilines is 1. The average Bonchev–Trinajstić information content (AvgIpc) is 2.53. The summed E-state index contributed by atoms with van der Waals surface area (Å²) >= 11 is 0. The van der Waals surface area contributed by atoms with Gasteiger partial charge in [-0.25, -0.2) is 18.1 Å². The van der Waals surface area contributed by atoms with Crippen LogP contribution in [0.15, 0.2) is 18.3 Å². The summed E-state index contributed by atoms with van der Waals surface area (Å²) in [6, 6.07) is 3.75. The van der Waals surface area contributed by atoms with E-state index in [1.807, 2.05) is 12.1 Å². The first-order chi connectivity index (χ1) is 11.0. The quantitative estimate of drug-likeness (QED) is 0.691. The number of morpholine rings is 1. The summed E-state index contributed by atoms with van der Waals surface area (Å²) in [6.45, 7) is 3.33. The van der Waals surface area contributed by atoms with E-state index in [4.69, 9.17) is 4.74 Å². The number of sulfonamides is 1. The highest BCUT2D eigenvalue weighted by Gasteiger charge is 2.16. The molecule has 1 aromatic rings. The fourth-order valence-electron chi connectivity index (χ4n) is 2.26. The van der Waals surface area contributed by atoms with Crippen LogP contribution in [0.1, 0.15) is 12.0 Å². The number of hydrogen-bond acceptors (Lipinski definition) is 6. The van der Waals surface area contributed by atoms with Crippen LogP contribution in [0, 0.1) is 0 Å². The van der Waals surface area contributed by atoms with Crippen molar-refractivity contribution in [1.82, 2.24) is 15.0 Å². The number of carbonyl (C=O) groups excluding carboxylic acids is 1. The van der Waals surface area contributed by atoms with Crippen LogP contribution >= 0.6 is 0 Å². The highest BCUT2D eigenvalue weighted by Crippen LogP contribution is 2.18. The van der Waals surface area contributed by atoms with Gasteiger partial charge in [-0.15, -0.1) is 0 Å². The van der Waals surface area contributed by atoms with Gasteiger partial charge in [0.25, 0.3) is 0 Å². The zero-order valence-corrected chi connectivity index (χ0v) is 13.9. The summed E-state index contributed by atoms with van der Waals surface area (Å²) in [6.07, 6.45) is 2.89. The highest BCUT2D eigenvalue weighted by molar-refractivity contribution is 7.88. The molecular weight excluding hydrogens is 320 g/mol. The number of aromatic nitrogens is 1. The lowest BCUT2D eigenvalue weighted by Crippen LogP contribution is -2.38. The van der Waals surface area contributed by atoms with Crippen LogP contribution in [-0.4, -0.2) is 58.4 Å². The Morgan fingerprint density at radius 2 is 2.13 bits per heavy atom.